The third-order valence-electron chi connectivity index (χ3n) is 1.78. The number of hydrogen-bond acceptors (Lipinski definition) is 2. The Morgan fingerprint density at radius 1 is 0.944 bits per heavy atom. The summed E-state index contributed by atoms with van der Waals surface area (Å²) in [7, 11) is 0. The molecule has 0 spiro atoms. The monoisotopic (exact) mass is 246 g/mol. The number of nitrogens with one attached hydrogen (secondary N) is 2. The van der Waals surface area contributed by atoms with Gasteiger partial charge in [0.25, 0.3) is 0 Å². The van der Waals surface area contributed by atoms with Gasteiger partial charge in [0.1, 0.15) is 0 Å². The van der Waals surface area contributed by atoms with E-state index >= 15 is 0 Å². The van der Waals surface area contributed by atoms with Gasteiger partial charge in [0.2, 0.25) is 0 Å². The molecule has 0 heterocycles. The van der Waals surface area contributed by atoms with Crippen molar-refractivity contribution in [3.63, 3.8) is 0 Å². The molecule has 0 rings (SSSR count). The predicted octanol–water partition coefficient (Wildman–Crippen LogP) is 4.40. The Labute approximate surface area is 112 Å². The van der Waals surface area contributed by atoms with E-state index in [0.29, 0.717) is 0 Å². The zero-order valence-corrected chi connectivity index (χ0v) is 12.1. The van der Waals surface area contributed by atoms with Gasteiger partial charge in [-0.2, -0.15) is 0 Å². The highest BCUT2D eigenvalue weighted by atomic mass is 14.9. The van der Waals surface area contributed by atoms with Crippen LogP contribution in [0.5, 0.6) is 0 Å². The van der Waals surface area contributed by atoms with E-state index in [1.165, 1.54) is 0 Å². The molecule has 2 nitrogen and oxygen atoms in total. The van der Waals surface area contributed by atoms with Crippen molar-refractivity contribution < 1.29 is 0 Å². The molecule has 0 fully saturated rings. The van der Waals surface area contributed by atoms with Crippen LogP contribution in [0.2, 0.25) is 0 Å². The second-order valence-electron chi connectivity index (χ2n) is 3.83. The summed E-state index contributed by atoms with van der Waals surface area (Å²) in [6.45, 7) is 22.4. The molecule has 0 bridgehead atoms. The van der Waals surface area contributed by atoms with Crippen LogP contribution in [-0.4, -0.2) is 0 Å². The standard InChI is InChI=1S/C10H15N.C6H11N/c1-6-9(5)10(7-2)11-8(3)4;1-4-5-7-6(2)3/h6-7,11H,1-3H2,4-5H3;4-5,7H,2H2,1,3H3/b10-9+;5-4-. The summed E-state index contributed by atoms with van der Waals surface area (Å²) >= 11 is 0. The molecule has 0 aromatic rings. The fraction of sp³-hybridized carbons (Fsp3) is 0.250. The van der Waals surface area contributed by atoms with Crippen LogP contribution in [0.1, 0.15) is 27.7 Å². The Bertz CT molecular complexity index is 357. The van der Waals surface area contributed by atoms with Crippen LogP contribution < -0.4 is 10.6 Å². The maximum atomic E-state index is 3.73. The number of rotatable bonds is 6. The molecule has 0 amide bonds. The van der Waals surface area contributed by atoms with Gasteiger partial charge in [0.05, 0.1) is 0 Å². The SMILES string of the molecule is C=C(C)N/C=C\C.C=C/C(C)=C(\C=C)NC(=C)C. The largest absolute Gasteiger partial charge is 0.366 e. The normalized spacial score (nSPS) is 10.7. The van der Waals surface area contributed by atoms with Crippen molar-refractivity contribution in [3.05, 3.63) is 73.4 Å². The lowest BCUT2D eigenvalue weighted by atomic mass is 10.2. The zero-order chi connectivity index (χ0) is 14.6. The molecular weight excluding hydrogens is 220 g/mol. The lowest BCUT2D eigenvalue weighted by molar-refractivity contribution is 0.995. The summed E-state index contributed by atoms with van der Waals surface area (Å²) in [4.78, 5) is 0. The summed E-state index contributed by atoms with van der Waals surface area (Å²) in [5.74, 6) is 0. The second-order valence-corrected chi connectivity index (χ2v) is 3.83. The van der Waals surface area contributed by atoms with Crippen LogP contribution in [0, 0.1) is 0 Å². The number of hydrogen-bond donors (Lipinski definition) is 2. The minimum Gasteiger partial charge on any atom is -0.366 e. The Morgan fingerprint density at radius 2 is 1.50 bits per heavy atom. The molecule has 0 aliphatic heterocycles. The molecule has 0 saturated carbocycles. The van der Waals surface area contributed by atoms with Gasteiger partial charge in [-0.05, 0) is 45.5 Å². The third-order valence-corrected chi connectivity index (χ3v) is 1.78. The summed E-state index contributed by atoms with van der Waals surface area (Å²) in [6.07, 6.45) is 7.32. The van der Waals surface area contributed by atoms with E-state index < -0.39 is 0 Å². The molecule has 0 aliphatic carbocycles. The van der Waals surface area contributed by atoms with Crippen molar-refractivity contribution in [1.82, 2.24) is 10.6 Å². The Balaban J connectivity index is 0. The highest BCUT2D eigenvalue weighted by Crippen LogP contribution is 2.03. The van der Waals surface area contributed by atoms with Gasteiger partial charge in [-0.25, -0.2) is 0 Å². The molecule has 18 heavy (non-hydrogen) atoms. The Morgan fingerprint density at radius 3 is 1.72 bits per heavy atom. The molecule has 2 heteroatoms. The minimum atomic E-state index is 0.904. The first kappa shape index (κ1) is 18.4. The molecule has 2 N–H and O–H groups in total. The molecule has 0 aromatic heterocycles. The molecule has 0 radical (unpaired) electrons. The highest BCUT2D eigenvalue weighted by Gasteiger charge is 1.92. The second kappa shape index (κ2) is 11.5. The first-order valence-corrected chi connectivity index (χ1v) is 5.80. The van der Waals surface area contributed by atoms with Gasteiger partial charge < -0.3 is 10.6 Å². The summed E-state index contributed by atoms with van der Waals surface area (Å²) in [6, 6.07) is 0. The smallest absolute Gasteiger partial charge is 0.0405 e. The topological polar surface area (TPSA) is 24.1 Å². The van der Waals surface area contributed by atoms with Gasteiger partial charge >= 0.3 is 0 Å². The first-order chi connectivity index (χ1) is 8.38. The number of allylic oxidation sites excluding steroid dienone is 6. The molecule has 0 aliphatic rings. The van der Waals surface area contributed by atoms with Gasteiger partial charge in [-0.1, -0.05) is 38.5 Å². The van der Waals surface area contributed by atoms with Gasteiger partial charge in [-0.3, -0.25) is 0 Å². The average molecular weight is 246 g/mol. The highest BCUT2D eigenvalue weighted by molar-refractivity contribution is 5.30. The Hall–Kier alpha value is -1.96. The molecule has 0 unspecified atom stereocenters. The van der Waals surface area contributed by atoms with Crippen LogP contribution in [0.3, 0.4) is 0 Å². The Kier molecular flexibility index (Phi) is 11.8. The molecule has 100 valence electrons. The average Bonchev–Trinajstić information content (AvgIpc) is 2.32. The van der Waals surface area contributed by atoms with E-state index in [-0.39, 0.29) is 0 Å². The zero-order valence-electron chi connectivity index (χ0n) is 12.1. The van der Waals surface area contributed by atoms with Crippen LogP contribution in [0.25, 0.3) is 0 Å². The van der Waals surface area contributed by atoms with Crippen molar-refractivity contribution in [2.24, 2.45) is 0 Å². The van der Waals surface area contributed by atoms with E-state index in [0.717, 1.165) is 22.7 Å². The maximum absolute atomic E-state index is 3.73. The van der Waals surface area contributed by atoms with E-state index in [4.69, 9.17) is 0 Å². The molecule has 0 atom stereocenters. The van der Waals surface area contributed by atoms with E-state index in [1.54, 1.807) is 12.2 Å². The molecule has 0 aromatic carbocycles. The third kappa shape index (κ3) is 12.1. The van der Waals surface area contributed by atoms with Gasteiger partial charge in [0, 0.05) is 17.1 Å². The lowest BCUT2D eigenvalue weighted by Crippen LogP contribution is -2.08. The van der Waals surface area contributed by atoms with Crippen molar-refractivity contribution in [2.75, 3.05) is 0 Å². The maximum Gasteiger partial charge on any atom is 0.0405 e. The van der Waals surface area contributed by atoms with Gasteiger partial charge in [-0.15, -0.1) is 0 Å². The van der Waals surface area contributed by atoms with Crippen molar-refractivity contribution in [1.29, 1.82) is 0 Å². The molecule has 0 saturated heterocycles. The fourth-order valence-electron chi connectivity index (χ4n) is 0.876. The van der Waals surface area contributed by atoms with Crippen molar-refractivity contribution in [2.45, 2.75) is 27.7 Å². The lowest BCUT2D eigenvalue weighted by Gasteiger charge is -2.07. The fourth-order valence-corrected chi connectivity index (χ4v) is 0.876. The quantitative estimate of drug-likeness (QED) is 0.679. The van der Waals surface area contributed by atoms with E-state index in [2.05, 4.69) is 36.9 Å². The summed E-state index contributed by atoms with van der Waals surface area (Å²) in [5.41, 5.74) is 3.91. The van der Waals surface area contributed by atoms with Crippen molar-refractivity contribution >= 4 is 0 Å². The van der Waals surface area contributed by atoms with Gasteiger partial charge in [0.15, 0.2) is 0 Å². The van der Waals surface area contributed by atoms with Crippen molar-refractivity contribution in [3.8, 4) is 0 Å². The predicted molar refractivity (Wildman–Crippen MR) is 83.8 cm³/mol. The summed E-state index contributed by atoms with van der Waals surface area (Å²) < 4.78 is 0. The first-order valence-electron chi connectivity index (χ1n) is 5.80. The van der Waals surface area contributed by atoms with Crippen LogP contribution in [-0.2, 0) is 0 Å². The molecular formula is C16H26N2. The summed E-state index contributed by atoms with van der Waals surface area (Å²) in [5, 5.41) is 6.00. The van der Waals surface area contributed by atoms with Crippen LogP contribution >= 0.6 is 0 Å². The van der Waals surface area contributed by atoms with E-state index in [9.17, 15) is 0 Å². The van der Waals surface area contributed by atoms with Crippen LogP contribution in [0.4, 0.5) is 0 Å². The van der Waals surface area contributed by atoms with Crippen LogP contribution in [0.15, 0.2) is 73.4 Å². The minimum absolute atomic E-state index is 0.904. The van der Waals surface area contributed by atoms with E-state index in [1.807, 2.05) is 40.0 Å².